The molecule has 0 aliphatic heterocycles. The molecule has 1 aromatic rings. The Morgan fingerprint density at radius 3 is 2.65 bits per heavy atom. The molecule has 0 radical (unpaired) electrons. The molecule has 0 saturated carbocycles. The molecule has 0 atom stereocenters. The third-order valence-electron chi connectivity index (χ3n) is 2.59. The summed E-state index contributed by atoms with van der Waals surface area (Å²) in [5.74, 6) is 0.465. The second kappa shape index (κ2) is 7.84. The zero-order valence-electron chi connectivity index (χ0n) is 11.8. The lowest BCUT2D eigenvalue weighted by atomic mass is 10.3. The number of sulfone groups is 1. The maximum absolute atomic E-state index is 11.4. The van der Waals surface area contributed by atoms with Crippen molar-refractivity contribution < 1.29 is 13.2 Å². The molecule has 0 unspecified atom stereocenters. The fourth-order valence-electron chi connectivity index (χ4n) is 1.47. The van der Waals surface area contributed by atoms with Crippen LogP contribution in [-0.4, -0.2) is 44.4 Å². The third-order valence-corrected chi connectivity index (χ3v) is 3.54. The first-order chi connectivity index (χ1) is 9.37. The standard InChI is InChI=1S/C13H21N3O3S/c1-11-4-5-12(16-10-11)14-7-3-8-15-13(17)6-9-20(2,18)19/h4-5,10H,3,6-9H2,1-2H3,(H,14,16)(H,15,17). The van der Waals surface area contributed by atoms with Crippen molar-refractivity contribution in [3.63, 3.8) is 0 Å². The molecule has 0 aliphatic carbocycles. The molecular weight excluding hydrogens is 278 g/mol. The molecular formula is C13H21N3O3S. The van der Waals surface area contributed by atoms with Gasteiger partial charge in [-0.25, -0.2) is 13.4 Å². The molecule has 1 aromatic heterocycles. The number of nitrogens with one attached hydrogen (secondary N) is 2. The molecule has 20 heavy (non-hydrogen) atoms. The molecule has 1 amide bonds. The van der Waals surface area contributed by atoms with Gasteiger partial charge in [0, 0.05) is 32.0 Å². The smallest absolute Gasteiger partial charge is 0.221 e. The number of rotatable bonds is 8. The van der Waals surface area contributed by atoms with Crippen LogP contribution in [0, 0.1) is 6.92 Å². The number of pyridine rings is 1. The Bertz CT molecular complexity index is 526. The van der Waals surface area contributed by atoms with E-state index in [0.29, 0.717) is 13.1 Å². The zero-order chi connectivity index (χ0) is 15.0. The Kier molecular flexibility index (Phi) is 6.44. The number of aryl methyl sites for hydroxylation is 1. The highest BCUT2D eigenvalue weighted by Gasteiger charge is 2.06. The molecule has 0 saturated heterocycles. The minimum atomic E-state index is -3.08. The van der Waals surface area contributed by atoms with Gasteiger partial charge in [0.2, 0.25) is 5.91 Å². The number of hydrogen-bond acceptors (Lipinski definition) is 5. The van der Waals surface area contributed by atoms with Gasteiger partial charge in [-0.05, 0) is 25.0 Å². The minimum absolute atomic E-state index is 0.0196. The van der Waals surface area contributed by atoms with Gasteiger partial charge in [0.25, 0.3) is 0 Å². The fourth-order valence-corrected chi connectivity index (χ4v) is 2.03. The van der Waals surface area contributed by atoms with Gasteiger partial charge in [-0.15, -0.1) is 0 Å². The van der Waals surface area contributed by atoms with E-state index in [1.807, 2.05) is 19.1 Å². The molecule has 0 aliphatic rings. The van der Waals surface area contributed by atoms with Crippen molar-refractivity contribution >= 4 is 21.6 Å². The molecule has 7 heteroatoms. The second-order valence-electron chi connectivity index (χ2n) is 4.73. The monoisotopic (exact) mass is 299 g/mol. The SMILES string of the molecule is Cc1ccc(NCCCNC(=O)CCS(C)(=O)=O)nc1. The Labute approximate surface area is 119 Å². The zero-order valence-corrected chi connectivity index (χ0v) is 12.7. The highest BCUT2D eigenvalue weighted by Crippen LogP contribution is 2.03. The van der Waals surface area contributed by atoms with Crippen LogP contribution < -0.4 is 10.6 Å². The van der Waals surface area contributed by atoms with Gasteiger partial charge in [-0.3, -0.25) is 4.79 Å². The van der Waals surface area contributed by atoms with E-state index in [1.165, 1.54) is 0 Å². The summed E-state index contributed by atoms with van der Waals surface area (Å²) in [5, 5.41) is 5.83. The molecule has 112 valence electrons. The predicted octanol–water partition coefficient (Wildman–Crippen LogP) is 0.743. The van der Waals surface area contributed by atoms with E-state index >= 15 is 0 Å². The van der Waals surface area contributed by atoms with E-state index in [4.69, 9.17) is 0 Å². The van der Waals surface area contributed by atoms with Crippen LogP contribution in [0.5, 0.6) is 0 Å². The topological polar surface area (TPSA) is 88.2 Å². The average Bonchev–Trinajstić information content (AvgIpc) is 2.37. The molecule has 0 fully saturated rings. The van der Waals surface area contributed by atoms with Crippen molar-refractivity contribution in [2.45, 2.75) is 19.8 Å². The lowest BCUT2D eigenvalue weighted by Crippen LogP contribution is -2.27. The van der Waals surface area contributed by atoms with Crippen molar-refractivity contribution in [1.82, 2.24) is 10.3 Å². The van der Waals surface area contributed by atoms with Crippen molar-refractivity contribution in [2.24, 2.45) is 0 Å². The van der Waals surface area contributed by atoms with Crippen LogP contribution in [0.4, 0.5) is 5.82 Å². The molecule has 2 N–H and O–H groups in total. The number of anilines is 1. The summed E-state index contributed by atoms with van der Waals surface area (Å²) in [4.78, 5) is 15.6. The van der Waals surface area contributed by atoms with E-state index in [0.717, 1.165) is 24.1 Å². The molecule has 6 nitrogen and oxygen atoms in total. The molecule has 0 aromatic carbocycles. The van der Waals surface area contributed by atoms with Gasteiger partial charge in [-0.2, -0.15) is 0 Å². The quantitative estimate of drug-likeness (QED) is 0.691. The lowest BCUT2D eigenvalue weighted by Gasteiger charge is -2.07. The Morgan fingerprint density at radius 2 is 2.05 bits per heavy atom. The summed E-state index contributed by atoms with van der Waals surface area (Å²) >= 11 is 0. The molecule has 1 heterocycles. The predicted molar refractivity (Wildman–Crippen MR) is 79.4 cm³/mol. The second-order valence-corrected chi connectivity index (χ2v) is 6.99. The lowest BCUT2D eigenvalue weighted by molar-refractivity contribution is -0.120. The Balaban J connectivity index is 2.10. The van der Waals surface area contributed by atoms with Gasteiger partial charge in [-0.1, -0.05) is 6.07 Å². The Morgan fingerprint density at radius 1 is 1.30 bits per heavy atom. The van der Waals surface area contributed by atoms with E-state index in [-0.39, 0.29) is 18.1 Å². The van der Waals surface area contributed by atoms with Gasteiger partial charge < -0.3 is 10.6 Å². The van der Waals surface area contributed by atoms with E-state index in [2.05, 4.69) is 15.6 Å². The Hall–Kier alpha value is -1.63. The number of nitrogens with zero attached hydrogens (tertiary/aromatic N) is 1. The highest BCUT2D eigenvalue weighted by molar-refractivity contribution is 7.90. The summed E-state index contributed by atoms with van der Waals surface area (Å²) in [7, 11) is -3.08. The van der Waals surface area contributed by atoms with Crippen LogP contribution in [0.25, 0.3) is 0 Å². The van der Waals surface area contributed by atoms with E-state index in [1.54, 1.807) is 6.20 Å². The van der Waals surface area contributed by atoms with Crippen molar-refractivity contribution in [2.75, 3.05) is 30.4 Å². The largest absolute Gasteiger partial charge is 0.370 e. The molecule has 0 bridgehead atoms. The van der Waals surface area contributed by atoms with Crippen LogP contribution in [0.1, 0.15) is 18.4 Å². The fraction of sp³-hybridized carbons (Fsp3) is 0.538. The number of aromatic nitrogens is 1. The number of hydrogen-bond donors (Lipinski definition) is 2. The van der Waals surface area contributed by atoms with Crippen LogP contribution in [0.15, 0.2) is 18.3 Å². The maximum Gasteiger partial charge on any atom is 0.221 e. The number of carbonyl (C=O) groups is 1. The first-order valence-electron chi connectivity index (χ1n) is 6.48. The maximum atomic E-state index is 11.4. The van der Waals surface area contributed by atoms with E-state index in [9.17, 15) is 13.2 Å². The molecule has 0 spiro atoms. The van der Waals surface area contributed by atoms with Gasteiger partial charge in [0.15, 0.2) is 0 Å². The summed E-state index contributed by atoms with van der Waals surface area (Å²) in [6.07, 6.45) is 3.68. The normalized spacial score (nSPS) is 11.1. The highest BCUT2D eigenvalue weighted by atomic mass is 32.2. The van der Waals surface area contributed by atoms with Gasteiger partial charge in [0.05, 0.1) is 5.75 Å². The van der Waals surface area contributed by atoms with Crippen molar-refractivity contribution in [1.29, 1.82) is 0 Å². The van der Waals surface area contributed by atoms with Gasteiger partial charge in [0.1, 0.15) is 15.7 Å². The third kappa shape index (κ3) is 7.73. The van der Waals surface area contributed by atoms with Crippen molar-refractivity contribution in [3.05, 3.63) is 23.9 Å². The first kappa shape index (κ1) is 16.4. The van der Waals surface area contributed by atoms with Crippen LogP contribution in [-0.2, 0) is 14.6 Å². The first-order valence-corrected chi connectivity index (χ1v) is 8.54. The van der Waals surface area contributed by atoms with E-state index < -0.39 is 9.84 Å². The number of amides is 1. The van der Waals surface area contributed by atoms with Crippen LogP contribution >= 0.6 is 0 Å². The minimum Gasteiger partial charge on any atom is -0.370 e. The summed E-state index contributed by atoms with van der Waals surface area (Å²) < 4.78 is 21.8. The van der Waals surface area contributed by atoms with Crippen molar-refractivity contribution in [3.8, 4) is 0 Å². The van der Waals surface area contributed by atoms with Crippen LogP contribution in [0.2, 0.25) is 0 Å². The number of carbonyl (C=O) groups excluding carboxylic acids is 1. The summed E-state index contributed by atoms with van der Waals surface area (Å²) in [5.41, 5.74) is 1.11. The van der Waals surface area contributed by atoms with Crippen LogP contribution in [0.3, 0.4) is 0 Å². The molecule has 1 rings (SSSR count). The summed E-state index contributed by atoms with van der Waals surface area (Å²) in [6, 6.07) is 3.88. The summed E-state index contributed by atoms with van der Waals surface area (Å²) in [6.45, 7) is 3.19. The van der Waals surface area contributed by atoms with Gasteiger partial charge >= 0.3 is 0 Å². The average molecular weight is 299 g/mol.